The zero-order chi connectivity index (χ0) is 11.5. The number of phenolic OH excluding ortho intramolecular Hbond substituents is 1. The summed E-state index contributed by atoms with van der Waals surface area (Å²) in [7, 11) is 0. The number of nitrogens with zero attached hydrogens (tertiary/aromatic N) is 1. The summed E-state index contributed by atoms with van der Waals surface area (Å²) in [5.74, 6) is -0.491. The number of benzene rings is 2. The molecule has 0 saturated heterocycles. The van der Waals surface area contributed by atoms with Crippen LogP contribution in [0.2, 0.25) is 0 Å². The highest BCUT2D eigenvalue weighted by atomic mass is 19.1. The van der Waals surface area contributed by atoms with Crippen molar-refractivity contribution in [3.63, 3.8) is 0 Å². The summed E-state index contributed by atoms with van der Waals surface area (Å²) in [5.41, 5.74) is 1.14. The van der Waals surface area contributed by atoms with Crippen LogP contribution in [0.3, 0.4) is 0 Å². The molecule has 0 unspecified atom stereocenters. The van der Waals surface area contributed by atoms with Gasteiger partial charge in [-0.25, -0.2) is 4.39 Å². The first kappa shape index (κ1) is 10.2. The Labute approximate surface area is 92.2 Å². The minimum Gasteiger partial charge on any atom is -0.507 e. The topological polar surface area (TPSA) is 44.0 Å². The van der Waals surface area contributed by atoms with E-state index >= 15 is 0 Å². The van der Waals surface area contributed by atoms with Gasteiger partial charge in [0, 0.05) is 5.56 Å². The third-order valence-corrected chi connectivity index (χ3v) is 2.30. The van der Waals surface area contributed by atoms with E-state index in [0.29, 0.717) is 11.1 Å². The molecule has 0 fully saturated rings. The Hall–Kier alpha value is -2.34. The molecule has 0 saturated carbocycles. The summed E-state index contributed by atoms with van der Waals surface area (Å²) in [6, 6.07) is 12.6. The molecule has 0 aliphatic rings. The molecule has 3 heteroatoms. The summed E-state index contributed by atoms with van der Waals surface area (Å²) in [6.45, 7) is 0. The molecule has 2 aromatic carbocycles. The first-order chi connectivity index (χ1) is 7.72. The molecule has 16 heavy (non-hydrogen) atoms. The molecule has 2 rings (SSSR count). The van der Waals surface area contributed by atoms with Crippen LogP contribution in [-0.4, -0.2) is 5.11 Å². The van der Waals surface area contributed by atoms with E-state index in [2.05, 4.69) is 0 Å². The van der Waals surface area contributed by atoms with Crippen LogP contribution in [0.25, 0.3) is 11.1 Å². The van der Waals surface area contributed by atoms with Gasteiger partial charge in [0.25, 0.3) is 0 Å². The van der Waals surface area contributed by atoms with Crippen molar-refractivity contribution in [1.82, 2.24) is 0 Å². The number of hydrogen-bond acceptors (Lipinski definition) is 2. The van der Waals surface area contributed by atoms with Crippen molar-refractivity contribution >= 4 is 0 Å². The van der Waals surface area contributed by atoms with E-state index < -0.39 is 0 Å². The van der Waals surface area contributed by atoms with Crippen LogP contribution in [0.1, 0.15) is 5.56 Å². The molecular formula is C13H8FNO. The standard InChI is InChI=1S/C13H8FNO/c14-12-4-2-1-3-11(12)9-5-6-10(8-15)13(16)7-9/h1-7,16H. The van der Waals surface area contributed by atoms with Crippen LogP contribution in [0, 0.1) is 17.1 Å². The molecule has 1 N–H and O–H groups in total. The van der Waals surface area contributed by atoms with Gasteiger partial charge in [-0.05, 0) is 23.8 Å². The van der Waals surface area contributed by atoms with Gasteiger partial charge in [-0.15, -0.1) is 0 Å². The number of aromatic hydroxyl groups is 1. The molecule has 0 aromatic heterocycles. The molecule has 0 atom stereocenters. The lowest BCUT2D eigenvalue weighted by Crippen LogP contribution is -1.84. The van der Waals surface area contributed by atoms with Crippen molar-refractivity contribution in [3.05, 3.63) is 53.8 Å². The van der Waals surface area contributed by atoms with Crippen LogP contribution in [0.5, 0.6) is 5.75 Å². The minimum atomic E-state index is -0.355. The molecule has 78 valence electrons. The van der Waals surface area contributed by atoms with Crippen molar-refractivity contribution in [1.29, 1.82) is 5.26 Å². The van der Waals surface area contributed by atoms with Crippen molar-refractivity contribution in [3.8, 4) is 22.9 Å². The van der Waals surface area contributed by atoms with Gasteiger partial charge in [-0.2, -0.15) is 5.26 Å². The SMILES string of the molecule is N#Cc1ccc(-c2ccccc2F)cc1O. The average Bonchev–Trinajstić information content (AvgIpc) is 2.29. The smallest absolute Gasteiger partial charge is 0.133 e. The van der Waals surface area contributed by atoms with Gasteiger partial charge in [-0.3, -0.25) is 0 Å². The maximum atomic E-state index is 13.4. The lowest BCUT2D eigenvalue weighted by molar-refractivity contribution is 0.474. The second-order valence-electron chi connectivity index (χ2n) is 3.32. The van der Waals surface area contributed by atoms with E-state index in [0.717, 1.165) is 0 Å². The Morgan fingerprint density at radius 1 is 1.12 bits per heavy atom. The lowest BCUT2D eigenvalue weighted by Gasteiger charge is -2.04. The Morgan fingerprint density at radius 2 is 1.88 bits per heavy atom. The summed E-state index contributed by atoms with van der Waals surface area (Å²) >= 11 is 0. The lowest BCUT2D eigenvalue weighted by atomic mass is 10.0. The first-order valence-electron chi connectivity index (χ1n) is 4.70. The van der Waals surface area contributed by atoms with E-state index in [1.165, 1.54) is 18.2 Å². The quantitative estimate of drug-likeness (QED) is 0.791. The van der Waals surface area contributed by atoms with Crippen LogP contribution in [0.4, 0.5) is 4.39 Å². The van der Waals surface area contributed by atoms with Gasteiger partial charge in [-0.1, -0.05) is 24.3 Å². The van der Waals surface area contributed by atoms with Gasteiger partial charge in [0.15, 0.2) is 0 Å². The zero-order valence-electron chi connectivity index (χ0n) is 8.31. The molecule has 0 aliphatic carbocycles. The van der Waals surface area contributed by atoms with E-state index in [1.807, 2.05) is 6.07 Å². The van der Waals surface area contributed by atoms with Gasteiger partial charge < -0.3 is 5.11 Å². The van der Waals surface area contributed by atoms with Crippen LogP contribution >= 0.6 is 0 Å². The van der Waals surface area contributed by atoms with E-state index in [-0.39, 0.29) is 17.1 Å². The molecule has 0 aliphatic heterocycles. The highest BCUT2D eigenvalue weighted by molar-refractivity contribution is 5.67. The summed E-state index contributed by atoms with van der Waals surface area (Å²) in [4.78, 5) is 0. The van der Waals surface area contributed by atoms with E-state index in [1.54, 1.807) is 24.3 Å². The van der Waals surface area contributed by atoms with Crippen molar-refractivity contribution in [2.24, 2.45) is 0 Å². The van der Waals surface area contributed by atoms with Gasteiger partial charge >= 0.3 is 0 Å². The Morgan fingerprint density at radius 3 is 2.50 bits per heavy atom. The molecule has 0 amide bonds. The molecule has 0 heterocycles. The van der Waals surface area contributed by atoms with Crippen molar-refractivity contribution < 1.29 is 9.50 Å². The summed E-state index contributed by atoms with van der Waals surface area (Å²) < 4.78 is 13.4. The third-order valence-electron chi connectivity index (χ3n) is 2.30. The molecule has 2 nitrogen and oxygen atoms in total. The molecule has 0 bridgehead atoms. The Bertz CT molecular complexity index is 572. The summed E-state index contributed by atoms with van der Waals surface area (Å²) in [5, 5.41) is 18.1. The van der Waals surface area contributed by atoms with E-state index in [9.17, 15) is 9.50 Å². The Kier molecular flexibility index (Phi) is 2.57. The Balaban J connectivity index is 2.55. The number of rotatable bonds is 1. The largest absolute Gasteiger partial charge is 0.507 e. The normalized spacial score (nSPS) is 9.75. The maximum absolute atomic E-state index is 13.4. The highest BCUT2D eigenvalue weighted by Crippen LogP contribution is 2.27. The molecular weight excluding hydrogens is 205 g/mol. The van der Waals surface area contributed by atoms with Gasteiger partial charge in [0.2, 0.25) is 0 Å². The number of nitriles is 1. The fourth-order valence-corrected chi connectivity index (χ4v) is 1.49. The first-order valence-corrected chi connectivity index (χ1v) is 4.70. The van der Waals surface area contributed by atoms with Crippen molar-refractivity contribution in [2.75, 3.05) is 0 Å². The van der Waals surface area contributed by atoms with Gasteiger partial charge in [0.05, 0.1) is 5.56 Å². The fourth-order valence-electron chi connectivity index (χ4n) is 1.49. The molecule has 0 radical (unpaired) electrons. The van der Waals surface area contributed by atoms with E-state index in [4.69, 9.17) is 5.26 Å². The predicted octanol–water partition coefficient (Wildman–Crippen LogP) is 3.07. The maximum Gasteiger partial charge on any atom is 0.133 e. The highest BCUT2D eigenvalue weighted by Gasteiger charge is 2.06. The zero-order valence-corrected chi connectivity index (χ0v) is 8.31. The second-order valence-corrected chi connectivity index (χ2v) is 3.32. The molecule has 0 spiro atoms. The second kappa shape index (κ2) is 4.03. The van der Waals surface area contributed by atoms with Crippen LogP contribution in [-0.2, 0) is 0 Å². The summed E-state index contributed by atoms with van der Waals surface area (Å²) in [6.07, 6.45) is 0. The minimum absolute atomic E-state index is 0.136. The van der Waals surface area contributed by atoms with Crippen molar-refractivity contribution in [2.45, 2.75) is 0 Å². The average molecular weight is 213 g/mol. The number of phenols is 1. The third kappa shape index (κ3) is 1.73. The molecule has 2 aromatic rings. The fraction of sp³-hybridized carbons (Fsp3) is 0. The van der Waals surface area contributed by atoms with Crippen LogP contribution in [0.15, 0.2) is 42.5 Å². The number of hydrogen-bond donors (Lipinski definition) is 1. The monoisotopic (exact) mass is 213 g/mol. The van der Waals surface area contributed by atoms with Gasteiger partial charge in [0.1, 0.15) is 17.6 Å². The number of halogens is 1. The predicted molar refractivity (Wildman–Crippen MR) is 58.2 cm³/mol. The van der Waals surface area contributed by atoms with Crippen LogP contribution < -0.4 is 0 Å².